The Hall–Kier alpha value is -2.42. The first-order valence-corrected chi connectivity index (χ1v) is 14.7. The van der Waals surface area contributed by atoms with Gasteiger partial charge in [-0.15, -0.1) is 0 Å². The molecule has 2 aromatic carbocycles. The van der Waals surface area contributed by atoms with E-state index in [9.17, 15) is 28.2 Å². The molecule has 1 aliphatic carbocycles. The highest BCUT2D eigenvalue weighted by Gasteiger charge is 2.44. The molecule has 0 amide bonds. The first kappa shape index (κ1) is 29.1. The van der Waals surface area contributed by atoms with Crippen LogP contribution in [-0.2, 0) is 4.79 Å². The lowest BCUT2D eigenvalue weighted by Gasteiger charge is -2.36. The first-order chi connectivity index (χ1) is 19.1. The lowest BCUT2D eigenvalue weighted by Crippen LogP contribution is -2.42. The Labute approximate surface area is 235 Å². The Bertz CT molecular complexity index is 1150. The van der Waals surface area contributed by atoms with Gasteiger partial charge in [0.2, 0.25) is 0 Å². The number of carbonyl (C=O) groups is 1. The zero-order chi connectivity index (χ0) is 28.4. The van der Waals surface area contributed by atoms with Crippen molar-refractivity contribution in [2.24, 2.45) is 17.8 Å². The number of carboxylic acid groups (broad SMARTS) is 1. The Morgan fingerprint density at radius 1 is 1.02 bits per heavy atom. The molecule has 1 saturated carbocycles. The minimum absolute atomic E-state index is 0.0261. The van der Waals surface area contributed by atoms with Crippen molar-refractivity contribution < 1.29 is 28.2 Å². The summed E-state index contributed by atoms with van der Waals surface area (Å²) in [5, 5.41) is 20.3. The molecular weight excluding hydrogens is 517 g/mol. The van der Waals surface area contributed by atoms with Gasteiger partial charge in [-0.3, -0.25) is 9.69 Å². The van der Waals surface area contributed by atoms with E-state index in [0.29, 0.717) is 38.3 Å². The molecule has 2 N–H and O–H groups in total. The fraction of sp³-hybridized carbons (Fsp3) is 0.594. The highest BCUT2D eigenvalue weighted by atomic mass is 19.3. The molecule has 3 aliphatic rings. The normalized spacial score (nSPS) is 24.7. The van der Waals surface area contributed by atoms with Crippen molar-refractivity contribution in [3.05, 3.63) is 71.0 Å². The van der Waals surface area contributed by atoms with E-state index >= 15 is 0 Å². The van der Waals surface area contributed by atoms with Crippen LogP contribution in [0.25, 0.3) is 0 Å². The second kappa shape index (κ2) is 12.2. The quantitative estimate of drug-likeness (QED) is 0.361. The topological polar surface area (TPSA) is 64.0 Å². The molecule has 8 heteroatoms. The van der Waals surface area contributed by atoms with Crippen molar-refractivity contribution in [3.63, 3.8) is 0 Å². The van der Waals surface area contributed by atoms with Gasteiger partial charge in [-0.2, -0.15) is 0 Å². The van der Waals surface area contributed by atoms with Crippen LogP contribution in [0.1, 0.15) is 67.2 Å². The summed E-state index contributed by atoms with van der Waals surface area (Å²) in [5.74, 6) is -3.74. The molecule has 5 rings (SSSR count). The molecule has 0 radical (unpaired) electrons. The number of benzene rings is 2. The summed E-state index contributed by atoms with van der Waals surface area (Å²) in [4.78, 5) is 16.7. The van der Waals surface area contributed by atoms with Crippen LogP contribution in [0.5, 0.6) is 0 Å². The molecule has 0 bridgehead atoms. The van der Waals surface area contributed by atoms with Gasteiger partial charge in [0, 0.05) is 32.0 Å². The monoisotopic (exact) mass is 558 g/mol. The summed E-state index contributed by atoms with van der Waals surface area (Å²) in [6.07, 6.45) is 1.85. The number of aliphatic hydroxyl groups is 1. The Balaban J connectivity index is 1.20. The summed E-state index contributed by atoms with van der Waals surface area (Å²) in [5.41, 5.74) is 2.46. The number of aliphatic hydroxyl groups excluding tert-OH is 1. The number of likely N-dealkylation sites (tertiary alicyclic amines) is 2. The van der Waals surface area contributed by atoms with Gasteiger partial charge in [0.05, 0.1) is 0 Å². The van der Waals surface area contributed by atoms with Crippen LogP contribution in [0.3, 0.4) is 0 Å². The average molecular weight is 559 g/mol. The van der Waals surface area contributed by atoms with E-state index < -0.39 is 36.3 Å². The molecule has 2 aliphatic heterocycles. The molecule has 2 saturated heterocycles. The average Bonchev–Trinajstić information content (AvgIpc) is 3.66. The number of hydrogen-bond donors (Lipinski definition) is 2. The van der Waals surface area contributed by atoms with Crippen LogP contribution in [0.4, 0.5) is 13.2 Å². The van der Waals surface area contributed by atoms with Gasteiger partial charge < -0.3 is 15.1 Å². The largest absolute Gasteiger partial charge is 0.480 e. The summed E-state index contributed by atoms with van der Waals surface area (Å²) in [7, 11) is 0. The summed E-state index contributed by atoms with van der Waals surface area (Å²) < 4.78 is 43.1. The van der Waals surface area contributed by atoms with Crippen LogP contribution in [0, 0.1) is 30.5 Å². The molecule has 5 nitrogen and oxygen atoms in total. The summed E-state index contributed by atoms with van der Waals surface area (Å²) >= 11 is 0. The molecule has 4 unspecified atom stereocenters. The molecule has 3 fully saturated rings. The summed E-state index contributed by atoms with van der Waals surface area (Å²) in [6.45, 7) is 5.74. The zero-order valence-corrected chi connectivity index (χ0v) is 23.2. The molecule has 40 heavy (non-hydrogen) atoms. The number of hydrogen-bond acceptors (Lipinski definition) is 4. The predicted octanol–water partition coefficient (Wildman–Crippen LogP) is 5.87. The predicted molar refractivity (Wildman–Crippen MR) is 148 cm³/mol. The van der Waals surface area contributed by atoms with Gasteiger partial charge in [0.25, 0.3) is 5.92 Å². The number of halogens is 3. The summed E-state index contributed by atoms with van der Waals surface area (Å²) in [6, 6.07) is 12.6. The number of carboxylic acids is 1. The smallest absolute Gasteiger partial charge is 0.320 e. The molecule has 4 atom stereocenters. The second-order valence-electron chi connectivity index (χ2n) is 12.4. The van der Waals surface area contributed by atoms with E-state index in [0.717, 1.165) is 44.6 Å². The van der Waals surface area contributed by atoms with Crippen molar-refractivity contribution in [3.8, 4) is 0 Å². The third-order valence-corrected chi connectivity index (χ3v) is 9.27. The number of nitrogens with zero attached hydrogens (tertiary/aromatic N) is 2. The minimum atomic E-state index is -3.29. The van der Waals surface area contributed by atoms with Crippen LogP contribution in [-0.4, -0.2) is 70.7 Å². The SMILES string of the molecule is Cc1cccc(C2CN(C(CC3CC3)C(=O)O)CC2CN2CCC(CC(F)(F)C(O)c3ccc(F)cc3)CC2)c1. The zero-order valence-electron chi connectivity index (χ0n) is 23.2. The van der Waals surface area contributed by atoms with Crippen molar-refractivity contribution in [2.75, 3.05) is 32.7 Å². The van der Waals surface area contributed by atoms with Gasteiger partial charge in [0.15, 0.2) is 0 Å². The third-order valence-electron chi connectivity index (χ3n) is 9.27. The Morgan fingerprint density at radius 2 is 1.73 bits per heavy atom. The Morgan fingerprint density at radius 3 is 2.35 bits per heavy atom. The van der Waals surface area contributed by atoms with Crippen LogP contribution >= 0.6 is 0 Å². The molecule has 218 valence electrons. The first-order valence-electron chi connectivity index (χ1n) is 14.7. The van der Waals surface area contributed by atoms with Crippen LogP contribution in [0.2, 0.25) is 0 Å². The lowest BCUT2D eigenvalue weighted by atomic mass is 9.85. The van der Waals surface area contributed by atoms with E-state index in [-0.39, 0.29) is 23.3 Å². The Kier molecular flexibility index (Phi) is 8.88. The molecular formula is C32H41F3N2O3. The van der Waals surface area contributed by atoms with Gasteiger partial charge in [-0.05, 0) is 80.3 Å². The van der Waals surface area contributed by atoms with Crippen molar-refractivity contribution in [1.29, 1.82) is 0 Å². The van der Waals surface area contributed by atoms with Gasteiger partial charge in [-0.1, -0.05) is 54.8 Å². The minimum Gasteiger partial charge on any atom is -0.480 e. The number of aryl methyl sites for hydroxylation is 1. The number of alkyl halides is 2. The lowest BCUT2D eigenvalue weighted by molar-refractivity contribution is -0.143. The third kappa shape index (κ3) is 7.07. The van der Waals surface area contributed by atoms with Crippen molar-refractivity contribution in [1.82, 2.24) is 9.80 Å². The van der Waals surface area contributed by atoms with Crippen LogP contribution in [0.15, 0.2) is 48.5 Å². The van der Waals surface area contributed by atoms with Gasteiger partial charge in [0.1, 0.15) is 18.0 Å². The highest BCUT2D eigenvalue weighted by molar-refractivity contribution is 5.73. The van der Waals surface area contributed by atoms with Gasteiger partial charge >= 0.3 is 5.97 Å². The standard InChI is InChI=1S/C32H41F3N2O3/c1-21-3-2-4-25(15-21)28-20-37(29(31(39)40)16-22-5-6-22)19-26(28)18-36-13-11-23(12-14-36)17-32(34,35)30(38)24-7-9-27(33)10-8-24/h2-4,7-10,15,22-23,26,28-30,38H,5-6,11-14,16-20H2,1H3,(H,39,40). The van der Waals surface area contributed by atoms with Crippen LogP contribution < -0.4 is 0 Å². The van der Waals surface area contributed by atoms with Crippen molar-refractivity contribution in [2.45, 2.75) is 69.4 Å². The molecule has 2 aromatic rings. The highest BCUT2D eigenvalue weighted by Crippen LogP contribution is 2.41. The van der Waals surface area contributed by atoms with E-state index in [1.807, 2.05) is 0 Å². The number of aliphatic carboxylic acids is 1. The maximum atomic E-state index is 15.0. The van der Waals surface area contributed by atoms with Crippen molar-refractivity contribution >= 4 is 5.97 Å². The van der Waals surface area contributed by atoms with Gasteiger partial charge in [-0.25, -0.2) is 13.2 Å². The fourth-order valence-corrected chi connectivity index (χ4v) is 6.79. The van der Waals surface area contributed by atoms with E-state index in [4.69, 9.17) is 0 Å². The molecule has 2 heterocycles. The molecule has 0 aromatic heterocycles. The second-order valence-corrected chi connectivity index (χ2v) is 12.4. The number of rotatable bonds is 11. The number of piperidine rings is 1. The fourth-order valence-electron chi connectivity index (χ4n) is 6.79. The van der Waals surface area contributed by atoms with E-state index in [1.54, 1.807) is 0 Å². The molecule has 0 spiro atoms. The maximum Gasteiger partial charge on any atom is 0.320 e. The van der Waals surface area contributed by atoms with E-state index in [2.05, 4.69) is 41.0 Å². The van der Waals surface area contributed by atoms with E-state index in [1.165, 1.54) is 23.3 Å². The maximum absolute atomic E-state index is 15.0.